The molecule has 9 heteroatoms. The third kappa shape index (κ3) is 4.37. The molecule has 0 spiro atoms. The molecule has 1 unspecified atom stereocenters. The summed E-state index contributed by atoms with van der Waals surface area (Å²) >= 11 is 19.6. The van der Waals surface area contributed by atoms with Crippen molar-refractivity contribution in [3.05, 3.63) is 45.0 Å². The van der Waals surface area contributed by atoms with Gasteiger partial charge in [-0.2, -0.15) is 0 Å². The van der Waals surface area contributed by atoms with Crippen molar-refractivity contribution in [2.75, 3.05) is 32.2 Å². The number of piperidine rings is 1. The van der Waals surface area contributed by atoms with E-state index in [0.29, 0.717) is 64.6 Å². The van der Waals surface area contributed by atoms with Crippen LogP contribution >= 0.6 is 34.8 Å². The van der Waals surface area contributed by atoms with Gasteiger partial charge in [-0.05, 0) is 31.9 Å². The van der Waals surface area contributed by atoms with Crippen LogP contribution in [0.3, 0.4) is 0 Å². The molecule has 3 heterocycles. The van der Waals surface area contributed by atoms with Gasteiger partial charge in [0.25, 0.3) is 0 Å². The summed E-state index contributed by atoms with van der Waals surface area (Å²) in [5.74, 6) is 1.35. The molecule has 6 nitrogen and oxygen atoms in total. The van der Waals surface area contributed by atoms with Crippen LogP contribution in [0.4, 0.5) is 5.82 Å². The molecule has 2 aromatic rings. The second kappa shape index (κ2) is 8.75. The normalized spacial score (nSPS) is 21.8. The number of anilines is 1. The number of rotatable bonds is 4. The molecular formula is C22H24Cl3N3O3. The first-order valence-corrected chi connectivity index (χ1v) is 11.2. The number of hydrogen-bond donors (Lipinski definition) is 1. The molecule has 1 saturated heterocycles. The fourth-order valence-corrected chi connectivity index (χ4v) is 4.94. The zero-order valence-electron chi connectivity index (χ0n) is 17.6. The van der Waals surface area contributed by atoms with Gasteiger partial charge >= 0.3 is 0 Å². The van der Waals surface area contributed by atoms with Gasteiger partial charge in [0, 0.05) is 49.2 Å². The molecule has 1 aliphatic heterocycles. The minimum Gasteiger partial charge on any atom is -0.499 e. The average molecular weight is 485 g/mol. The lowest BCUT2D eigenvalue weighted by Gasteiger charge is -2.37. The molecule has 0 bridgehead atoms. The van der Waals surface area contributed by atoms with Gasteiger partial charge in [-0.3, -0.25) is 0 Å². The van der Waals surface area contributed by atoms with Crippen LogP contribution in [0.2, 0.25) is 5.15 Å². The maximum atomic E-state index is 10.4. The van der Waals surface area contributed by atoms with E-state index in [9.17, 15) is 5.11 Å². The number of ether oxygens (including phenoxy) is 2. The van der Waals surface area contributed by atoms with Crippen molar-refractivity contribution >= 4 is 57.0 Å². The molecule has 2 aromatic heterocycles. The molecule has 1 fully saturated rings. The van der Waals surface area contributed by atoms with Gasteiger partial charge in [0.1, 0.15) is 22.8 Å². The lowest BCUT2D eigenvalue weighted by atomic mass is 9.93. The van der Waals surface area contributed by atoms with Gasteiger partial charge in [-0.25, -0.2) is 9.97 Å². The topological polar surface area (TPSA) is 67.7 Å². The Hall–Kier alpha value is -1.57. The maximum absolute atomic E-state index is 10.4. The van der Waals surface area contributed by atoms with E-state index in [1.165, 1.54) is 0 Å². The standard InChI is InChI=1S/C22H24Cl3N3O3/c1-22(29)4-6-28(7-5-22)21-13-9-17(23)26-11-12(13)8-14(27-21)18-19(24)15(30-2)10-16(31-3)20(18)25/h8-9,11,15,29H,4-7,10H2,1-3H3. The van der Waals surface area contributed by atoms with Crippen LogP contribution in [0.15, 0.2) is 34.2 Å². The minimum atomic E-state index is -0.677. The van der Waals surface area contributed by atoms with Gasteiger partial charge in [-0.1, -0.05) is 34.8 Å². The minimum absolute atomic E-state index is 0.372. The summed E-state index contributed by atoms with van der Waals surface area (Å²) in [6.45, 7) is 3.19. The quantitative estimate of drug-likeness (QED) is 0.609. The molecule has 4 rings (SSSR count). The summed E-state index contributed by atoms with van der Waals surface area (Å²) < 4.78 is 11.0. The summed E-state index contributed by atoms with van der Waals surface area (Å²) in [6.07, 6.45) is 3.08. The van der Waals surface area contributed by atoms with E-state index in [4.69, 9.17) is 49.3 Å². The number of halogens is 3. The molecule has 166 valence electrons. The van der Waals surface area contributed by atoms with Crippen molar-refractivity contribution in [2.45, 2.75) is 37.9 Å². The van der Waals surface area contributed by atoms with Gasteiger partial charge in [0.05, 0.1) is 28.5 Å². The number of nitrogens with zero attached hydrogens (tertiary/aromatic N) is 3. The number of aliphatic hydroxyl groups is 1. The van der Waals surface area contributed by atoms with Crippen molar-refractivity contribution in [1.29, 1.82) is 0 Å². The van der Waals surface area contributed by atoms with E-state index in [2.05, 4.69) is 9.88 Å². The van der Waals surface area contributed by atoms with Crippen molar-refractivity contribution in [3.63, 3.8) is 0 Å². The SMILES string of the molecule is COC1=C(Cl)C(c2cc3cnc(Cl)cc3c(N3CCC(C)(O)CC3)n2)=C(Cl)C(OC)C1. The predicted octanol–water partition coefficient (Wildman–Crippen LogP) is 5.10. The van der Waals surface area contributed by atoms with Crippen molar-refractivity contribution in [2.24, 2.45) is 0 Å². The van der Waals surface area contributed by atoms with Crippen LogP contribution in [0.5, 0.6) is 0 Å². The summed E-state index contributed by atoms with van der Waals surface area (Å²) in [6, 6.07) is 3.70. The summed E-state index contributed by atoms with van der Waals surface area (Å²) in [7, 11) is 3.17. The maximum Gasteiger partial charge on any atom is 0.137 e. The Kier molecular flexibility index (Phi) is 6.39. The monoisotopic (exact) mass is 483 g/mol. The Morgan fingerprint density at radius 3 is 2.52 bits per heavy atom. The highest BCUT2D eigenvalue weighted by atomic mass is 35.5. The molecule has 1 atom stereocenters. The molecule has 0 saturated carbocycles. The highest BCUT2D eigenvalue weighted by Gasteiger charge is 2.32. The van der Waals surface area contributed by atoms with E-state index in [0.717, 1.165) is 16.6 Å². The second-order valence-electron chi connectivity index (χ2n) is 8.14. The lowest BCUT2D eigenvalue weighted by Crippen LogP contribution is -2.42. The number of fused-ring (bicyclic) bond motifs is 1. The smallest absolute Gasteiger partial charge is 0.137 e. The van der Waals surface area contributed by atoms with Gasteiger partial charge < -0.3 is 19.5 Å². The zero-order chi connectivity index (χ0) is 22.3. The molecule has 0 radical (unpaired) electrons. The predicted molar refractivity (Wildman–Crippen MR) is 125 cm³/mol. The van der Waals surface area contributed by atoms with E-state index in [1.807, 2.05) is 19.1 Å². The zero-order valence-corrected chi connectivity index (χ0v) is 19.9. The van der Waals surface area contributed by atoms with Gasteiger partial charge in [0.2, 0.25) is 0 Å². The first-order valence-electron chi connectivity index (χ1n) is 10.0. The summed E-state index contributed by atoms with van der Waals surface area (Å²) in [4.78, 5) is 11.4. The van der Waals surface area contributed by atoms with Crippen molar-refractivity contribution in [3.8, 4) is 0 Å². The molecule has 0 amide bonds. The summed E-state index contributed by atoms with van der Waals surface area (Å²) in [5.41, 5.74) is 0.513. The third-order valence-corrected chi connectivity index (χ3v) is 6.98. The van der Waals surface area contributed by atoms with E-state index < -0.39 is 5.60 Å². The molecule has 0 aromatic carbocycles. The Bertz CT molecular complexity index is 1070. The van der Waals surface area contributed by atoms with Gasteiger partial charge in [0.15, 0.2) is 0 Å². The Balaban J connectivity index is 1.90. The Labute approximate surface area is 196 Å². The van der Waals surface area contributed by atoms with Crippen LogP contribution in [-0.4, -0.2) is 54.1 Å². The molecule has 1 N–H and O–H groups in total. The van der Waals surface area contributed by atoms with Crippen LogP contribution in [-0.2, 0) is 9.47 Å². The molecule has 2 aliphatic rings. The third-order valence-electron chi connectivity index (χ3n) is 5.94. The van der Waals surface area contributed by atoms with Crippen LogP contribution in [0.25, 0.3) is 16.3 Å². The second-order valence-corrected chi connectivity index (χ2v) is 9.31. The number of methoxy groups -OCH3 is 2. The van der Waals surface area contributed by atoms with E-state index >= 15 is 0 Å². The fraction of sp³-hybridized carbons (Fsp3) is 0.455. The van der Waals surface area contributed by atoms with Crippen LogP contribution in [0.1, 0.15) is 31.9 Å². The van der Waals surface area contributed by atoms with E-state index in [1.54, 1.807) is 20.4 Å². The first-order chi connectivity index (χ1) is 14.7. The average Bonchev–Trinajstić information content (AvgIpc) is 2.74. The van der Waals surface area contributed by atoms with Crippen LogP contribution < -0.4 is 4.90 Å². The molecule has 31 heavy (non-hydrogen) atoms. The molecular weight excluding hydrogens is 461 g/mol. The first kappa shape index (κ1) is 22.6. The highest BCUT2D eigenvalue weighted by Crippen LogP contribution is 2.43. The highest BCUT2D eigenvalue weighted by molar-refractivity contribution is 6.43. The molecule has 1 aliphatic carbocycles. The largest absolute Gasteiger partial charge is 0.499 e. The Morgan fingerprint density at radius 1 is 1.16 bits per heavy atom. The van der Waals surface area contributed by atoms with Crippen molar-refractivity contribution in [1.82, 2.24) is 9.97 Å². The number of hydrogen-bond acceptors (Lipinski definition) is 6. The number of allylic oxidation sites excluding steroid dienone is 2. The fourth-order valence-electron chi connectivity index (χ4n) is 4.02. The van der Waals surface area contributed by atoms with Crippen LogP contribution in [0, 0.1) is 0 Å². The van der Waals surface area contributed by atoms with Crippen molar-refractivity contribution < 1.29 is 14.6 Å². The Morgan fingerprint density at radius 2 is 1.87 bits per heavy atom. The number of aromatic nitrogens is 2. The van der Waals surface area contributed by atoms with Gasteiger partial charge in [-0.15, -0.1) is 0 Å². The summed E-state index contributed by atoms with van der Waals surface area (Å²) in [5, 5.41) is 13.4. The lowest BCUT2D eigenvalue weighted by molar-refractivity contribution is 0.0350. The number of pyridine rings is 2. The van der Waals surface area contributed by atoms with E-state index in [-0.39, 0.29) is 6.10 Å².